The number of likely N-dealkylation sites (tertiary alicyclic amines) is 1. The Morgan fingerprint density at radius 1 is 1.00 bits per heavy atom. The molecule has 0 saturated carbocycles. The van der Waals surface area contributed by atoms with Crippen molar-refractivity contribution in [1.82, 2.24) is 10.2 Å². The van der Waals surface area contributed by atoms with E-state index in [1.165, 1.54) is 12.2 Å². The molecule has 0 aromatic heterocycles. The second-order valence-electron chi connectivity index (χ2n) is 15.4. The molecule has 1 aromatic rings. The number of nitrogens with one attached hydrogen (secondary N) is 1. The Bertz CT molecular complexity index is 1560. The van der Waals surface area contributed by atoms with Crippen LogP contribution in [0.4, 0.5) is 0 Å². The molecule has 3 saturated heterocycles. The lowest BCUT2D eigenvalue weighted by Crippen LogP contribution is -2.49. The van der Waals surface area contributed by atoms with E-state index in [1.807, 2.05) is 0 Å². The molecule has 2 N–H and O–H groups in total. The minimum atomic E-state index is -0.989. The minimum Gasteiger partial charge on any atom is -0.462 e. The Hall–Kier alpha value is -4.07. The number of unbranched alkanes of at least 4 members (excludes halogenated alkanes) is 4. The molecule has 54 heavy (non-hydrogen) atoms. The molecule has 0 bridgehead atoms. The Morgan fingerprint density at radius 2 is 1.70 bits per heavy atom. The molecule has 2 amide bonds. The maximum atomic E-state index is 14.1. The predicted molar refractivity (Wildman–Crippen MR) is 198 cm³/mol. The number of hydrogen-bond acceptors (Lipinski definition) is 11. The number of cyclic esters (lactones) is 1. The molecule has 13 heteroatoms. The van der Waals surface area contributed by atoms with E-state index in [0.717, 1.165) is 38.5 Å². The first-order valence-electron chi connectivity index (χ1n) is 19.5. The van der Waals surface area contributed by atoms with E-state index >= 15 is 0 Å². The molecule has 3 heterocycles. The van der Waals surface area contributed by atoms with E-state index in [2.05, 4.69) is 19.2 Å². The molecule has 0 radical (unpaired) electrons. The first-order chi connectivity index (χ1) is 25.9. The molecule has 1 aliphatic carbocycles. The summed E-state index contributed by atoms with van der Waals surface area (Å²) in [6, 6.07) is 5.82. The van der Waals surface area contributed by atoms with Gasteiger partial charge in [0.05, 0.1) is 12.2 Å². The van der Waals surface area contributed by atoms with Crippen molar-refractivity contribution in [3.63, 3.8) is 0 Å². The number of ether oxygens (including phenoxy) is 5. The summed E-state index contributed by atoms with van der Waals surface area (Å²) in [6.45, 7) is 8.33. The molecular formula is C41H56N2O11. The van der Waals surface area contributed by atoms with Crippen molar-refractivity contribution in [3.05, 3.63) is 53.1 Å². The number of amides is 2. The average molecular weight is 753 g/mol. The van der Waals surface area contributed by atoms with Crippen molar-refractivity contribution in [2.75, 3.05) is 26.3 Å². The lowest BCUT2D eigenvalue weighted by molar-refractivity contribution is -0.190. The van der Waals surface area contributed by atoms with Gasteiger partial charge in [0.15, 0.2) is 5.79 Å². The largest absolute Gasteiger partial charge is 0.462 e. The zero-order valence-corrected chi connectivity index (χ0v) is 32.0. The van der Waals surface area contributed by atoms with E-state index in [1.54, 1.807) is 49.1 Å². The van der Waals surface area contributed by atoms with E-state index in [9.17, 15) is 29.1 Å². The number of hydrogen-bond donors (Lipinski definition) is 2. The molecule has 5 rings (SSSR count). The smallest absolute Gasteiger partial charge is 0.348 e. The number of carbonyl (C=O) groups is 5. The summed E-state index contributed by atoms with van der Waals surface area (Å²) in [5.74, 6) is -3.36. The normalized spacial score (nSPS) is 25.6. The van der Waals surface area contributed by atoms with Crippen LogP contribution in [0.1, 0.15) is 114 Å². The number of esters is 3. The quantitative estimate of drug-likeness (QED) is 0.0973. The van der Waals surface area contributed by atoms with Crippen LogP contribution in [-0.2, 0) is 42.9 Å². The van der Waals surface area contributed by atoms with Crippen molar-refractivity contribution in [1.29, 1.82) is 0 Å². The Morgan fingerprint density at radius 3 is 2.33 bits per heavy atom. The Kier molecular flexibility index (Phi) is 14.1. The highest BCUT2D eigenvalue weighted by Crippen LogP contribution is 2.43. The van der Waals surface area contributed by atoms with E-state index in [4.69, 9.17) is 23.7 Å². The number of benzene rings is 1. The minimum absolute atomic E-state index is 0.0881. The maximum absolute atomic E-state index is 14.1. The average Bonchev–Trinajstić information content (AvgIpc) is 3.86. The zero-order valence-electron chi connectivity index (χ0n) is 32.0. The monoisotopic (exact) mass is 752 g/mol. The Balaban J connectivity index is 1.32. The molecule has 5 unspecified atom stereocenters. The maximum Gasteiger partial charge on any atom is 0.348 e. The Labute approximate surface area is 317 Å². The lowest BCUT2D eigenvalue weighted by atomic mass is 9.90. The highest BCUT2D eigenvalue weighted by Gasteiger charge is 2.53. The van der Waals surface area contributed by atoms with Crippen LogP contribution in [0.2, 0.25) is 0 Å². The van der Waals surface area contributed by atoms with Crippen LogP contribution in [-0.4, -0.2) is 102 Å². The molecular weight excluding hydrogens is 696 g/mol. The van der Waals surface area contributed by atoms with Crippen LogP contribution in [0, 0.1) is 5.41 Å². The summed E-state index contributed by atoms with van der Waals surface area (Å²) >= 11 is 0. The van der Waals surface area contributed by atoms with Gasteiger partial charge in [0.2, 0.25) is 17.9 Å². The van der Waals surface area contributed by atoms with E-state index in [-0.39, 0.29) is 43.6 Å². The van der Waals surface area contributed by atoms with Gasteiger partial charge in [0.25, 0.3) is 0 Å². The molecule has 1 aromatic carbocycles. The fraction of sp³-hybridized carbons (Fsp3) is 0.634. The van der Waals surface area contributed by atoms with E-state index in [0.29, 0.717) is 43.4 Å². The van der Waals surface area contributed by atoms with Crippen LogP contribution >= 0.6 is 0 Å². The fourth-order valence-electron chi connectivity index (χ4n) is 7.54. The molecule has 0 spiro atoms. The predicted octanol–water partition coefficient (Wildman–Crippen LogP) is 4.79. The van der Waals surface area contributed by atoms with Crippen LogP contribution in [0.5, 0.6) is 0 Å². The molecule has 296 valence electrons. The number of aliphatic hydroxyl groups excluding tert-OH is 1. The third kappa shape index (κ3) is 9.96. The zero-order chi connectivity index (χ0) is 38.9. The van der Waals surface area contributed by atoms with Crippen molar-refractivity contribution in [3.8, 4) is 0 Å². The van der Waals surface area contributed by atoms with Crippen molar-refractivity contribution in [2.45, 2.75) is 135 Å². The summed E-state index contributed by atoms with van der Waals surface area (Å²) in [7, 11) is 0. The van der Waals surface area contributed by atoms with Gasteiger partial charge in [0, 0.05) is 49.4 Å². The summed E-state index contributed by atoms with van der Waals surface area (Å²) in [4.78, 5) is 66.7. The summed E-state index contributed by atoms with van der Waals surface area (Å²) in [5, 5.41) is 11.9. The summed E-state index contributed by atoms with van der Waals surface area (Å²) in [5.41, 5.74) is 0.657. The third-order valence-electron chi connectivity index (χ3n) is 10.6. The molecule has 5 atom stereocenters. The van der Waals surface area contributed by atoms with Crippen LogP contribution in [0.15, 0.2) is 42.0 Å². The number of fused-ring (bicyclic) bond motifs is 1. The van der Waals surface area contributed by atoms with E-state index < -0.39 is 59.6 Å². The van der Waals surface area contributed by atoms with Gasteiger partial charge in [-0.15, -0.1) is 0 Å². The first-order valence-corrected chi connectivity index (χ1v) is 19.5. The van der Waals surface area contributed by atoms with Crippen LogP contribution in [0.25, 0.3) is 6.08 Å². The van der Waals surface area contributed by atoms with Crippen molar-refractivity contribution in [2.24, 2.45) is 5.41 Å². The summed E-state index contributed by atoms with van der Waals surface area (Å²) < 4.78 is 30.0. The topological polar surface area (TPSA) is 167 Å². The SMILES string of the molecule is CCCCCC1(CCCCC)OC2C=C(C(=O)N3CCCC3C(=O)NCCO)CC(OC(=O)c3ccc(C=CC(=O)OC4C(=O)OCC4(C)C)cc3)C2O1. The molecule has 13 nitrogen and oxygen atoms in total. The van der Waals surface area contributed by atoms with Gasteiger partial charge < -0.3 is 39.0 Å². The number of aliphatic hydroxyl groups is 1. The summed E-state index contributed by atoms with van der Waals surface area (Å²) in [6.07, 6.45) is 9.99. The van der Waals surface area contributed by atoms with Gasteiger partial charge >= 0.3 is 17.9 Å². The van der Waals surface area contributed by atoms with Gasteiger partial charge in [-0.05, 0) is 55.5 Å². The van der Waals surface area contributed by atoms with Gasteiger partial charge in [-0.3, -0.25) is 9.59 Å². The number of rotatable bonds is 17. The standard InChI is InChI=1S/C41H56N2O11/c1-5-7-9-19-41(20-10-8-6-2)53-32-25-29(37(47)43-22-11-12-30(43)36(46)42-21-23-44)24-31(34(32)54-41)51-38(48)28-16-13-27(14-17-28)15-18-33(45)52-35-39(49)50-26-40(35,3)4/h13-18,25,30-32,34-35,44H,5-12,19-24,26H2,1-4H3,(H,42,46). The van der Waals surface area contributed by atoms with Crippen molar-refractivity contribution >= 4 is 35.8 Å². The molecule has 4 aliphatic rings. The lowest BCUT2D eigenvalue weighted by Gasteiger charge is -2.33. The van der Waals surface area contributed by atoms with Crippen LogP contribution in [0.3, 0.4) is 0 Å². The fourth-order valence-corrected chi connectivity index (χ4v) is 7.54. The number of nitrogens with zero attached hydrogens (tertiary/aromatic N) is 1. The van der Waals surface area contributed by atoms with Gasteiger partial charge in [-0.1, -0.05) is 65.5 Å². The van der Waals surface area contributed by atoms with Gasteiger partial charge in [-0.2, -0.15) is 0 Å². The van der Waals surface area contributed by atoms with Crippen molar-refractivity contribution < 1.29 is 52.8 Å². The number of carbonyl (C=O) groups excluding carboxylic acids is 5. The highest BCUT2D eigenvalue weighted by atomic mass is 16.8. The second kappa shape index (κ2) is 18.5. The second-order valence-corrected chi connectivity index (χ2v) is 15.4. The van der Waals surface area contributed by atoms with Gasteiger partial charge in [-0.25, -0.2) is 14.4 Å². The third-order valence-corrected chi connectivity index (χ3v) is 10.6. The molecule has 3 aliphatic heterocycles. The first kappa shape index (κ1) is 41.1. The van der Waals surface area contributed by atoms with Gasteiger partial charge in [0.1, 0.15) is 31.0 Å². The highest BCUT2D eigenvalue weighted by molar-refractivity contribution is 5.98. The molecule has 3 fully saturated rings. The van der Waals surface area contributed by atoms with Crippen LogP contribution < -0.4 is 5.32 Å².